The van der Waals surface area contributed by atoms with Gasteiger partial charge in [0.05, 0.1) is 11.6 Å². The SMILES string of the molecule is O=C(Nc1ccc(F)c(C(F)(F)F)c1)NC1CC(=O)N(c2ccc(Cl)cc2)C1. The standard InChI is InChI=1S/C18H14ClF4N3O2/c19-10-1-4-13(5-2-10)26-9-12(8-16(26)27)25-17(28)24-11-3-6-15(20)14(7-11)18(21,22)23/h1-7,12H,8-9H2,(H2,24,25,28). The van der Waals surface area contributed by atoms with Crippen LogP contribution in [-0.4, -0.2) is 24.5 Å². The Hall–Kier alpha value is -2.81. The summed E-state index contributed by atoms with van der Waals surface area (Å²) in [5, 5.41) is 5.27. The molecule has 0 radical (unpaired) electrons. The van der Waals surface area contributed by atoms with Crippen LogP contribution in [0.1, 0.15) is 12.0 Å². The molecular weight excluding hydrogens is 402 g/mol. The van der Waals surface area contributed by atoms with Gasteiger partial charge in [0.2, 0.25) is 5.91 Å². The Morgan fingerprint density at radius 1 is 1.14 bits per heavy atom. The quantitative estimate of drug-likeness (QED) is 0.729. The van der Waals surface area contributed by atoms with Crippen molar-refractivity contribution in [3.63, 3.8) is 0 Å². The summed E-state index contributed by atoms with van der Waals surface area (Å²) >= 11 is 5.82. The number of halogens is 5. The zero-order valence-corrected chi connectivity index (χ0v) is 14.9. The second kappa shape index (κ2) is 7.67. The van der Waals surface area contributed by atoms with Crippen LogP contribution in [0.15, 0.2) is 42.5 Å². The molecule has 3 rings (SSSR count). The molecular formula is C18H14ClF4N3O2. The highest BCUT2D eigenvalue weighted by atomic mass is 35.5. The van der Waals surface area contributed by atoms with Gasteiger partial charge in [0.25, 0.3) is 0 Å². The Bertz CT molecular complexity index is 903. The van der Waals surface area contributed by atoms with Gasteiger partial charge in [-0.2, -0.15) is 13.2 Å². The molecule has 0 aromatic heterocycles. The highest BCUT2D eigenvalue weighted by molar-refractivity contribution is 6.30. The topological polar surface area (TPSA) is 61.4 Å². The van der Waals surface area contributed by atoms with Crippen LogP contribution in [0.4, 0.5) is 33.7 Å². The molecule has 3 amide bonds. The number of anilines is 2. The minimum atomic E-state index is -4.88. The van der Waals surface area contributed by atoms with E-state index in [1.54, 1.807) is 24.3 Å². The number of nitrogens with one attached hydrogen (secondary N) is 2. The van der Waals surface area contributed by atoms with E-state index < -0.39 is 29.6 Å². The van der Waals surface area contributed by atoms with Gasteiger partial charge in [0.1, 0.15) is 5.82 Å². The molecule has 1 atom stereocenters. The van der Waals surface area contributed by atoms with E-state index in [1.807, 2.05) is 0 Å². The summed E-state index contributed by atoms with van der Waals surface area (Å²) in [6.45, 7) is 0.200. The summed E-state index contributed by atoms with van der Waals surface area (Å²) in [5.41, 5.74) is -1.08. The number of carbonyl (C=O) groups excluding carboxylic acids is 2. The molecule has 1 unspecified atom stereocenters. The first-order valence-electron chi connectivity index (χ1n) is 8.13. The van der Waals surface area contributed by atoms with Crippen LogP contribution in [0.5, 0.6) is 0 Å². The van der Waals surface area contributed by atoms with E-state index in [4.69, 9.17) is 11.6 Å². The highest BCUT2D eigenvalue weighted by Crippen LogP contribution is 2.33. The number of hydrogen-bond donors (Lipinski definition) is 2. The molecule has 0 bridgehead atoms. The van der Waals surface area contributed by atoms with Gasteiger partial charge in [-0.3, -0.25) is 4.79 Å². The van der Waals surface area contributed by atoms with Crippen LogP contribution in [0.2, 0.25) is 5.02 Å². The monoisotopic (exact) mass is 415 g/mol. The molecule has 1 fully saturated rings. The van der Waals surface area contributed by atoms with E-state index in [2.05, 4.69) is 10.6 Å². The fourth-order valence-corrected chi connectivity index (χ4v) is 2.97. The molecule has 2 aromatic rings. The Morgan fingerprint density at radius 2 is 1.82 bits per heavy atom. The number of hydrogen-bond acceptors (Lipinski definition) is 2. The van der Waals surface area contributed by atoms with Gasteiger partial charge < -0.3 is 15.5 Å². The Morgan fingerprint density at radius 3 is 2.46 bits per heavy atom. The average molecular weight is 416 g/mol. The Kier molecular flexibility index (Phi) is 5.46. The lowest BCUT2D eigenvalue weighted by molar-refractivity contribution is -0.139. The third-order valence-electron chi connectivity index (χ3n) is 4.13. The van der Waals surface area contributed by atoms with Crippen LogP contribution in [0, 0.1) is 5.82 Å². The fourth-order valence-electron chi connectivity index (χ4n) is 2.85. The third kappa shape index (κ3) is 4.53. The molecule has 2 aromatic carbocycles. The zero-order valence-electron chi connectivity index (χ0n) is 14.2. The normalized spacial score (nSPS) is 17.0. The number of rotatable bonds is 3. The van der Waals surface area contributed by atoms with Crippen molar-refractivity contribution in [3.8, 4) is 0 Å². The highest BCUT2D eigenvalue weighted by Gasteiger charge is 2.35. The number of benzene rings is 2. The first-order valence-corrected chi connectivity index (χ1v) is 8.51. The Balaban J connectivity index is 1.63. The summed E-state index contributed by atoms with van der Waals surface area (Å²) in [6, 6.07) is 7.41. The molecule has 10 heteroatoms. The summed E-state index contributed by atoms with van der Waals surface area (Å²) in [6.07, 6.45) is -4.84. The fraction of sp³-hybridized carbons (Fsp3) is 0.222. The number of alkyl halides is 3. The van der Waals surface area contributed by atoms with Gasteiger partial charge in [-0.1, -0.05) is 11.6 Å². The second-order valence-electron chi connectivity index (χ2n) is 6.17. The smallest absolute Gasteiger partial charge is 0.333 e. The van der Waals surface area contributed by atoms with E-state index in [0.29, 0.717) is 22.8 Å². The predicted octanol–water partition coefficient (Wildman–Crippen LogP) is 4.42. The van der Waals surface area contributed by atoms with Gasteiger partial charge in [0.15, 0.2) is 0 Å². The summed E-state index contributed by atoms with van der Waals surface area (Å²) < 4.78 is 51.5. The third-order valence-corrected chi connectivity index (χ3v) is 4.38. The lowest BCUT2D eigenvalue weighted by Crippen LogP contribution is -2.39. The van der Waals surface area contributed by atoms with Crippen LogP contribution >= 0.6 is 11.6 Å². The number of nitrogens with zero attached hydrogens (tertiary/aromatic N) is 1. The van der Waals surface area contributed by atoms with Crippen molar-refractivity contribution >= 4 is 34.9 Å². The summed E-state index contributed by atoms with van der Waals surface area (Å²) in [4.78, 5) is 25.7. The van der Waals surface area contributed by atoms with Gasteiger partial charge in [-0.05, 0) is 42.5 Å². The zero-order chi connectivity index (χ0) is 20.5. The van der Waals surface area contributed by atoms with Crippen molar-refractivity contribution in [2.75, 3.05) is 16.8 Å². The average Bonchev–Trinajstić information content (AvgIpc) is 2.96. The lowest BCUT2D eigenvalue weighted by Gasteiger charge is -2.17. The van der Waals surface area contributed by atoms with Crippen molar-refractivity contribution in [2.24, 2.45) is 0 Å². The van der Waals surface area contributed by atoms with Gasteiger partial charge in [-0.25, -0.2) is 9.18 Å². The second-order valence-corrected chi connectivity index (χ2v) is 6.61. The molecule has 2 N–H and O–H groups in total. The first kappa shape index (κ1) is 19.9. The minimum Gasteiger partial charge on any atom is -0.333 e. The molecule has 0 spiro atoms. The molecule has 0 saturated carbocycles. The van der Waals surface area contributed by atoms with Crippen molar-refractivity contribution in [1.29, 1.82) is 0 Å². The van der Waals surface area contributed by atoms with Gasteiger partial charge in [-0.15, -0.1) is 0 Å². The maximum absolute atomic E-state index is 13.3. The van der Waals surface area contributed by atoms with Gasteiger partial charge >= 0.3 is 12.2 Å². The molecule has 1 heterocycles. The van der Waals surface area contributed by atoms with Crippen LogP contribution in [0.25, 0.3) is 0 Å². The maximum Gasteiger partial charge on any atom is 0.419 e. The van der Waals surface area contributed by atoms with Crippen LogP contribution < -0.4 is 15.5 Å². The van der Waals surface area contributed by atoms with Crippen molar-refractivity contribution < 1.29 is 27.2 Å². The molecule has 1 aliphatic heterocycles. The minimum absolute atomic E-state index is 0.0350. The molecule has 0 aliphatic carbocycles. The summed E-state index contributed by atoms with van der Waals surface area (Å²) in [5.74, 6) is -1.65. The van der Waals surface area contributed by atoms with Crippen molar-refractivity contribution in [2.45, 2.75) is 18.6 Å². The van der Waals surface area contributed by atoms with E-state index in [9.17, 15) is 27.2 Å². The van der Waals surface area contributed by atoms with E-state index in [1.165, 1.54) is 4.90 Å². The molecule has 5 nitrogen and oxygen atoms in total. The first-order chi connectivity index (χ1) is 13.1. The number of amides is 3. The van der Waals surface area contributed by atoms with Gasteiger partial charge in [0, 0.05) is 29.4 Å². The van der Waals surface area contributed by atoms with Crippen LogP contribution in [0.3, 0.4) is 0 Å². The lowest BCUT2D eigenvalue weighted by atomic mass is 10.2. The molecule has 148 valence electrons. The molecule has 1 aliphatic rings. The van der Waals surface area contributed by atoms with E-state index in [0.717, 1.165) is 6.07 Å². The largest absolute Gasteiger partial charge is 0.419 e. The van der Waals surface area contributed by atoms with E-state index >= 15 is 0 Å². The predicted molar refractivity (Wildman–Crippen MR) is 95.8 cm³/mol. The Labute approximate surface area is 162 Å². The molecule has 1 saturated heterocycles. The van der Waals surface area contributed by atoms with Crippen molar-refractivity contribution in [1.82, 2.24) is 5.32 Å². The maximum atomic E-state index is 13.3. The van der Waals surface area contributed by atoms with E-state index in [-0.39, 0.29) is 24.6 Å². The van der Waals surface area contributed by atoms with Crippen LogP contribution in [-0.2, 0) is 11.0 Å². The number of urea groups is 1. The molecule has 28 heavy (non-hydrogen) atoms. The van der Waals surface area contributed by atoms with Crippen molar-refractivity contribution in [3.05, 3.63) is 58.9 Å². The number of carbonyl (C=O) groups is 2. The summed E-state index contributed by atoms with van der Waals surface area (Å²) in [7, 11) is 0.